The Hall–Kier alpha value is -2.41. The van der Waals surface area contributed by atoms with E-state index in [9.17, 15) is 14.4 Å². The van der Waals surface area contributed by atoms with Gasteiger partial charge in [-0.25, -0.2) is 0 Å². The zero-order chi connectivity index (χ0) is 16.4. The van der Waals surface area contributed by atoms with Crippen molar-refractivity contribution in [1.82, 2.24) is 5.32 Å². The molecule has 2 amide bonds. The third-order valence-corrected chi connectivity index (χ3v) is 2.79. The molecule has 0 aliphatic heterocycles. The van der Waals surface area contributed by atoms with Crippen LogP contribution in [0.2, 0.25) is 0 Å². The molecule has 120 valence electrons. The van der Waals surface area contributed by atoms with E-state index in [4.69, 9.17) is 9.84 Å². The maximum atomic E-state index is 11.6. The molecule has 0 radical (unpaired) electrons. The molecule has 0 heterocycles. The van der Waals surface area contributed by atoms with Crippen molar-refractivity contribution in [1.29, 1.82) is 0 Å². The second kappa shape index (κ2) is 9.51. The van der Waals surface area contributed by atoms with Crippen LogP contribution < -0.4 is 10.6 Å². The SMILES string of the molecule is COCCCC(=O)Nc1ccc(CC(=O)NCC(=O)O)cc1. The first-order chi connectivity index (χ1) is 10.5. The molecule has 0 saturated heterocycles. The summed E-state index contributed by atoms with van der Waals surface area (Å²) in [5.74, 6) is -1.54. The lowest BCUT2D eigenvalue weighted by molar-refractivity contribution is -0.137. The number of carboxylic acids is 1. The Morgan fingerprint density at radius 1 is 1.14 bits per heavy atom. The number of ether oxygens (including phenoxy) is 1. The number of aliphatic carboxylic acids is 1. The summed E-state index contributed by atoms with van der Waals surface area (Å²) in [6, 6.07) is 6.83. The molecule has 1 aromatic rings. The molecular weight excluding hydrogens is 288 g/mol. The van der Waals surface area contributed by atoms with Gasteiger partial charge in [0.15, 0.2) is 0 Å². The van der Waals surface area contributed by atoms with Crippen LogP contribution >= 0.6 is 0 Å². The summed E-state index contributed by atoms with van der Waals surface area (Å²) in [5, 5.41) is 13.5. The third kappa shape index (κ3) is 7.39. The number of carboxylic acid groups (broad SMARTS) is 1. The zero-order valence-corrected chi connectivity index (χ0v) is 12.4. The highest BCUT2D eigenvalue weighted by Gasteiger charge is 2.06. The lowest BCUT2D eigenvalue weighted by Gasteiger charge is -2.07. The van der Waals surface area contributed by atoms with Crippen molar-refractivity contribution in [3.8, 4) is 0 Å². The second-order valence-corrected chi connectivity index (χ2v) is 4.69. The van der Waals surface area contributed by atoms with Crippen molar-refractivity contribution in [3.63, 3.8) is 0 Å². The number of methoxy groups -OCH3 is 1. The molecule has 0 saturated carbocycles. The van der Waals surface area contributed by atoms with Gasteiger partial charge in [-0.05, 0) is 24.1 Å². The highest BCUT2D eigenvalue weighted by molar-refractivity contribution is 5.90. The molecule has 0 aliphatic carbocycles. The maximum Gasteiger partial charge on any atom is 0.322 e. The molecule has 0 aromatic heterocycles. The van der Waals surface area contributed by atoms with E-state index >= 15 is 0 Å². The summed E-state index contributed by atoms with van der Waals surface area (Å²) < 4.78 is 4.88. The molecule has 0 aliphatic rings. The first-order valence-corrected chi connectivity index (χ1v) is 6.87. The van der Waals surface area contributed by atoms with E-state index < -0.39 is 12.5 Å². The quantitative estimate of drug-likeness (QED) is 0.585. The minimum absolute atomic E-state index is 0.0926. The predicted octanol–water partition coefficient (Wildman–Crippen LogP) is 0.795. The van der Waals surface area contributed by atoms with Crippen LogP contribution in [0.4, 0.5) is 5.69 Å². The number of carbonyl (C=O) groups excluding carboxylic acids is 2. The highest BCUT2D eigenvalue weighted by atomic mass is 16.5. The summed E-state index contributed by atoms with van der Waals surface area (Å²) in [5.41, 5.74) is 1.39. The molecule has 1 aromatic carbocycles. The summed E-state index contributed by atoms with van der Waals surface area (Å²) in [4.78, 5) is 33.4. The van der Waals surface area contributed by atoms with Crippen LogP contribution in [0.1, 0.15) is 18.4 Å². The van der Waals surface area contributed by atoms with Gasteiger partial charge in [-0.15, -0.1) is 0 Å². The van der Waals surface area contributed by atoms with Crippen LogP contribution in [-0.4, -0.2) is 43.2 Å². The molecule has 0 atom stereocenters. The van der Waals surface area contributed by atoms with E-state index in [1.54, 1.807) is 31.4 Å². The zero-order valence-electron chi connectivity index (χ0n) is 12.4. The van der Waals surface area contributed by atoms with Gasteiger partial charge in [0.2, 0.25) is 11.8 Å². The number of rotatable bonds is 9. The summed E-state index contributed by atoms with van der Waals surface area (Å²) in [6.07, 6.45) is 1.13. The van der Waals surface area contributed by atoms with Crippen LogP contribution in [-0.2, 0) is 25.5 Å². The van der Waals surface area contributed by atoms with E-state index in [-0.39, 0.29) is 18.2 Å². The van der Waals surface area contributed by atoms with E-state index in [0.717, 1.165) is 5.56 Å². The van der Waals surface area contributed by atoms with E-state index in [1.165, 1.54) is 0 Å². The Morgan fingerprint density at radius 3 is 2.41 bits per heavy atom. The summed E-state index contributed by atoms with van der Waals surface area (Å²) in [7, 11) is 1.59. The molecule has 7 heteroatoms. The van der Waals surface area contributed by atoms with Crippen LogP contribution in [0, 0.1) is 0 Å². The maximum absolute atomic E-state index is 11.6. The van der Waals surface area contributed by atoms with Crippen molar-refractivity contribution in [3.05, 3.63) is 29.8 Å². The average Bonchev–Trinajstić information content (AvgIpc) is 2.47. The van der Waals surface area contributed by atoms with Gasteiger partial charge in [0.05, 0.1) is 6.42 Å². The molecule has 0 unspecified atom stereocenters. The summed E-state index contributed by atoms with van der Waals surface area (Å²) >= 11 is 0. The molecule has 3 N–H and O–H groups in total. The van der Waals surface area contributed by atoms with Crippen molar-refractivity contribution >= 4 is 23.5 Å². The third-order valence-electron chi connectivity index (χ3n) is 2.79. The fourth-order valence-electron chi connectivity index (χ4n) is 1.73. The lowest BCUT2D eigenvalue weighted by Crippen LogP contribution is -2.30. The first kappa shape index (κ1) is 17.6. The number of nitrogens with one attached hydrogen (secondary N) is 2. The fraction of sp³-hybridized carbons (Fsp3) is 0.400. The van der Waals surface area contributed by atoms with Gasteiger partial charge >= 0.3 is 5.97 Å². The van der Waals surface area contributed by atoms with Gasteiger partial charge in [0.1, 0.15) is 6.54 Å². The Kier molecular flexibility index (Phi) is 7.63. The highest BCUT2D eigenvalue weighted by Crippen LogP contribution is 2.10. The summed E-state index contributed by atoms with van der Waals surface area (Å²) in [6.45, 7) is 0.145. The van der Waals surface area contributed by atoms with E-state index in [2.05, 4.69) is 10.6 Å². The van der Waals surface area contributed by atoms with E-state index in [0.29, 0.717) is 25.1 Å². The molecule has 0 spiro atoms. The number of hydrogen-bond donors (Lipinski definition) is 3. The smallest absolute Gasteiger partial charge is 0.322 e. The van der Waals surface area contributed by atoms with Crippen molar-refractivity contribution in [2.75, 3.05) is 25.6 Å². The van der Waals surface area contributed by atoms with Crippen molar-refractivity contribution in [2.24, 2.45) is 0 Å². The number of amides is 2. The van der Waals surface area contributed by atoms with Crippen LogP contribution in [0.15, 0.2) is 24.3 Å². The lowest BCUT2D eigenvalue weighted by atomic mass is 10.1. The van der Waals surface area contributed by atoms with Gasteiger partial charge in [0.25, 0.3) is 0 Å². The van der Waals surface area contributed by atoms with E-state index in [1.807, 2.05) is 0 Å². The number of benzene rings is 1. The minimum atomic E-state index is -1.08. The van der Waals surface area contributed by atoms with Gasteiger partial charge in [-0.1, -0.05) is 12.1 Å². The first-order valence-electron chi connectivity index (χ1n) is 6.87. The predicted molar refractivity (Wildman–Crippen MR) is 80.5 cm³/mol. The van der Waals surface area contributed by atoms with Gasteiger partial charge in [0, 0.05) is 25.8 Å². The molecule has 0 bridgehead atoms. The Bertz CT molecular complexity index is 513. The van der Waals surface area contributed by atoms with Crippen LogP contribution in [0.3, 0.4) is 0 Å². The van der Waals surface area contributed by atoms with Gasteiger partial charge in [-0.2, -0.15) is 0 Å². The number of carbonyl (C=O) groups is 3. The van der Waals surface area contributed by atoms with Crippen molar-refractivity contribution < 1.29 is 24.2 Å². The Balaban J connectivity index is 2.40. The van der Waals surface area contributed by atoms with Gasteiger partial charge < -0.3 is 20.5 Å². The second-order valence-electron chi connectivity index (χ2n) is 4.69. The fourth-order valence-corrected chi connectivity index (χ4v) is 1.73. The van der Waals surface area contributed by atoms with Crippen LogP contribution in [0.25, 0.3) is 0 Å². The minimum Gasteiger partial charge on any atom is -0.480 e. The number of hydrogen-bond acceptors (Lipinski definition) is 4. The standard InChI is InChI=1S/C15H20N2O5/c1-22-8-2-3-13(18)17-12-6-4-11(5-7-12)9-14(19)16-10-15(20)21/h4-7H,2-3,8-10H2,1H3,(H,16,19)(H,17,18)(H,20,21). The number of anilines is 1. The van der Waals surface area contributed by atoms with Crippen molar-refractivity contribution in [2.45, 2.75) is 19.3 Å². The molecule has 0 fully saturated rings. The Morgan fingerprint density at radius 2 is 1.82 bits per heavy atom. The topological polar surface area (TPSA) is 105 Å². The molecule has 7 nitrogen and oxygen atoms in total. The average molecular weight is 308 g/mol. The monoisotopic (exact) mass is 308 g/mol. The largest absolute Gasteiger partial charge is 0.480 e. The molecular formula is C15H20N2O5. The van der Waals surface area contributed by atoms with Gasteiger partial charge in [-0.3, -0.25) is 14.4 Å². The van der Waals surface area contributed by atoms with Crippen LogP contribution in [0.5, 0.6) is 0 Å². The normalized spacial score (nSPS) is 10.0. The Labute approximate surface area is 128 Å². The molecule has 22 heavy (non-hydrogen) atoms. The molecule has 1 rings (SSSR count).